The summed E-state index contributed by atoms with van der Waals surface area (Å²) in [4.78, 5) is 24.3. The summed E-state index contributed by atoms with van der Waals surface area (Å²) in [7, 11) is 0. The van der Waals surface area contributed by atoms with Crippen molar-refractivity contribution in [2.75, 3.05) is 13.2 Å². The Morgan fingerprint density at radius 3 is 1.68 bits per heavy atom. The van der Waals surface area contributed by atoms with E-state index in [0.717, 1.165) is 6.42 Å². The second kappa shape index (κ2) is 15.7. The number of esters is 2. The third-order valence-electron chi connectivity index (χ3n) is 5.30. The Hall–Kier alpha value is -2.12. The third kappa shape index (κ3) is 10.4. The largest absolute Gasteiger partial charge is 0.462 e. The molecule has 6 nitrogen and oxygen atoms in total. The highest BCUT2D eigenvalue weighted by molar-refractivity contribution is 6.30. The third-order valence-corrected chi connectivity index (χ3v) is 5.80. The van der Waals surface area contributed by atoms with Crippen molar-refractivity contribution in [2.24, 2.45) is 11.8 Å². The minimum Gasteiger partial charge on any atom is -0.462 e. The zero-order valence-corrected chi connectivity index (χ0v) is 21.6. The van der Waals surface area contributed by atoms with Gasteiger partial charge in [0.1, 0.15) is 6.10 Å². The standard InChI is InChI=1S/C20H20Cl2O4.C6H14O2/c1-3-18(26-20(24)15-6-10-17(22)11-7-15)13(2)12-25-19(23)14-4-8-16(21)9-5-14;1-3-6(8)5(2)4-7/h4-11,13,18H,3,12H2,1-2H3;5-8H,3-4H2,1-2H3. The van der Waals surface area contributed by atoms with Crippen LogP contribution in [0.4, 0.5) is 0 Å². The van der Waals surface area contributed by atoms with E-state index in [9.17, 15) is 9.59 Å². The van der Waals surface area contributed by atoms with E-state index >= 15 is 0 Å². The summed E-state index contributed by atoms with van der Waals surface area (Å²) in [5.41, 5.74) is 0.853. The highest BCUT2D eigenvalue weighted by Crippen LogP contribution is 2.17. The van der Waals surface area contributed by atoms with Gasteiger partial charge in [0.05, 0.1) is 23.8 Å². The number of hydrogen-bond donors (Lipinski definition) is 2. The number of carbonyl (C=O) groups is 2. The van der Waals surface area contributed by atoms with Gasteiger partial charge in [-0.3, -0.25) is 0 Å². The molecule has 0 fully saturated rings. The second-order valence-corrected chi connectivity index (χ2v) is 8.95. The van der Waals surface area contributed by atoms with Gasteiger partial charge in [-0.2, -0.15) is 0 Å². The van der Waals surface area contributed by atoms with Crippen LogP contribution in [-0.2, 0) is 9.47 Å². The minimum absolute atomic E-state index is 0.0278. The van der Waals surface area contributed by atoms with Crippen LogP contribution in [0.25, 0.3) is 0 Å². The van der Waals surface area contributed by atoms with Crippen LogP contribution in [0.3, 0.4) is 0 Å². The van der Waals surface area contributed by atoms with Crippen molar-refractivity contribution >= 4 is 35.1 Å². The molecule has 0 saturated carbocycles. The normalized spacial score (nSPS) is 14.1. The fraction of sp³-hybridized carbons (Fsp3) is 0.462. The Morgan fingerprint density at radius 2 is 1.29 bits per heavy atom. The summed E-state index contributed by atoms with van der Waals surface area (Å²) in [5, 5.41) is 18.5. The molecule has 0 aliphatic carbocycles. The van der Waals surface area contributed by atoms with Crippen LogP contribution >= 0.6 is 23.2 Å². The molecule has 0 aliphatic rings. The Bertz CT molecular complexity index is 862. The second-order valence-electron chi connectivity index (χ2n) is 8.08. The molecular formula is C26H34Cl2O6. The number of hydrogen-bond acceptors (Lipinski definition) is 6. The van der Waals surface area contributed by atoms with Gasteiger partial charge in [0.25, 0.3) is 0 Å². The highest BCUT2D eigenvalue weighted by Gasteiger charge is 2.22. The lowest BCUT2D eigenvalue weighted by molar-refractivity contribution is -0.00153. The molecule has 0 spiro atoms. The summed E-state index contributed by atoms with van der Waals surface area (Å²) >= 11 is 11.6. The Kier molecular flexibility index (Phi) is 13.8. The van der Waals surface area contributed by atoms with Crippen LogP contribution in [0.2, 0.25) is 10.0 Å². The highest BCUT2D eigenvalue weighted by atomic mass is 35.5. The molecule has 0 radical (unpaired) electrons. The van der Waals surface area contributed by atoms with E-state index in [4.69, 9.17) is 42.9 Å². The predicted octanol–water partition coefficient (Wildman–Crippen LogP) is 5.81. The van der Waals surface area contributed by atoms with Crippen LogP contribution in [0.5, 0.6) is 0 Å². The van der Waals surface area contributed by atoms with E-state index in [-0.39, 0.29) is 37.3 Å². The topological polar surface area (TPSA) is 93.1 Å². The van der Waals surface area contributed by atoms with Crippen LogP contribution < -0.4 is 0 Å². The average Bonchev–Trinajstić information content (AvgIpc) is 2.85. The first-order valence-corrected chi connectivity index (χ1v) is 12.1. The van der Waals surface area contributed by atoms with Gasteiger partial charge in [0.15, 0.2) is 0 Å². The molecule has 188 valence electrons. The first-order chi connectivity index (χ1) is 16.1. The van der Waals surface area contributed by atoms with Crippen LogP contribution in [0, 0.1) is 11.8 Å². The van der Waals surface area contributed by atoms with Crippen molar-refractivity contribution in [3.8, 4) is 0 Å². The van der Waals surface area contributed by atoms with Crippen molar-refractivity contribution < 1.29 is 29.3 Å². The number of rotatable bonds is 10. The van der Waals surface area contributed by atoms with E-state index < -0.39 is 11.9 Å². The number of carbonyl (C=O) groups excluding carboxylic acids is 2. The number of ether oxygens (including phenoxy) is 2. The summed E-state index contributed by atoms with van der Waals surface area (Å²) in [6.45, 7) is 7.74. The lowest BCUT2D eigenvalue weighted by atomic mass is 10.0. The molecule has 2 N–H and O–H groups in total. The van der Waals surface area contributed by atoms with Gasteiger partial charge < -0.3 is 19.7 Å². The number of halogens is 2. The van der Waals surface area contributed by atoms with Gasteiger partial charge in [0.2, 0.25) is 0 Å². The molecule has 2 aromatic carbocycles. The van der Waals surface area contributed by atoms with Gasteiger partial charge in [-0.05, 0) is 61.4 Å². The van der Waals surface area contributed by atoms with Crippen molar-refractivity contribution in [1.29, 1.82) is 0 Å². The number of aliphatic hydroxyl groups excluding tert-OH is 2. The maximum Gasteiger partial charge on any atom is 0.338 e. The van der Waals surface area contributed by atoms with E-state index in [2.05, 4.69) is 0 Å². The van der Waals surface area contributed by atoms with Crippen molar-refractivity contribution in [2.45, 2.75) is 52.7 Å². The molecule has 0 bridgehead atoms. The molecule has 4 atom stereocenters. The molecule has 2 aromatic rings. The van der Waals surface area contributed by atoms with E-state index in [1.54, 1.807) is 48.5 Å². The zero-order chi connectivity index (χ0) is 25.7. The number of benzene rings is 2. The summed E-state index contributed by atoms with van der Waals surface area (Å²) < 4.78 is 10.9. The molecule has 8 heteroatoms. The van der Waals surface area contributed by atoms with Crippen LogP contribution in [-0.4, -0.2) is 47.6 Å². The molecule has 0 aliphatic heterocycles. The molecule has 34 heavy (non-hydrogen) atoms. The number of aliphatic hydroxyl groups is 2. The molecule has 4 unspecified atom stereocenters. The summed E-state index contributed by atoms with van der Waals surface area (Å²) in [6.07, 6.45) is 0.636. The quantitative estimate of drug-likeness (QED) is 0.390. The van der Waals surface area contributed by atoms with E-state index in [0.29, 0.717) is 27.6 Å². The molecule has 0 saturated heterocycles. The van der Waals surface area contributed by atoms with Gasteiger partial charge in [-0.1, -0.05) is 50.9 Å². The maximum absolute atomic E-state index is 12.2. The Morgan fingerprint density at radius 1 is 0.824 bits per heavy atom. The van der Waals surface area contributed by atoms with Gasteiger partial charge in [-0.15, -0.1) is 0 Å². The van der Waals surface area contributed by atoms with Crippen molar-refractivity contribution in [3.63, 3.8) is 0 Å². The van der Waals surface area contributed by atoms with Gasteiger partial charge >= 0.3 is 11.9 Å². The fourth-order valence-corrected chi connectivity index (χ4v) is 3.15. The summed E-state index contributed by atoms with van der Waals surface area (Å²) in [6, 6.07) is 13.0. The molecule has 0 amide bonds. The van der Waals surface area contributed by atoms with Gasteiger partial charge in [0, 0.05) is 28.5 Å². The summed E-state index contributed by atoms with van der Waals surface area (Å²) in [5.74, 6) is -0.982. The van der Waals surface area contributed by atoms with E-state index in [1.165, 1.54) is 0 Å². The lowest BCUT2D eigenvalue weighted by Crippen LogP contribution is -2.28. The van der Waals surface area contributed by atoms with Crippen LogP contribution in [0.1, 0.15) is 61.3 Å². The molecule has 0 aromatic heterocycles. The molecule has 2 rings (SSSR count). The SMILES string of the molecule is CCC(O)C(C)CO.CCC(OC(=O)c1ccc(Cl)cc1)C(C)COC(=O)c1ccc(Cl)cc1. The monoisotopic (exact) mass is 512 g/mol. The van der Waals surface area contributed by atoms with Crippen LogP contribution in [0.15, 0.2) is 48.5 Å². The smallest absolute Gasteiger partial charge is 0.338 e. The predicted molar refractivity (Wildman–Crippen MR) is 134 cm³/mol. The van der Waals surface area contributed by atoms with Crippen molar-refractivity contribution in [1.82, 2.24) is 0 Å². The molecular weight excluding hydrogens is 479 g/mol. The van der Waals surface area contributed by atoms with Gasteiger partial charge in [-0.25, -0.2) is 9.59 Å². The Labute approximate surface area is 211 Å². The lowest BCUT2D eigenvalue weighted by Gasteiger charge is -2.23. The fourth-order valence-electron chi connectivity index (χ4n) is 2.90. The zero-order valence-electron chi connectivity index (χ0n) is 20.0. The minimum atomic E-state index is -0.438. The first kappa shape index (κ1) is 29.9. The molecule has 0 heterocycles. The average molecular weight is 513 g/mol. The Balaban J connectivity index is 0.000000620. The first-order valence-electron chi connectivity index (χ1n) is 11.3. The van der Waals surface area contributed by atoms with Crippen molar-refractivity contribution in [3.05, 3.63) is 69.7 Å². The maximum atomic E-state index is 12.2. The van der Waals surface area contributed by atoms with E-state index in [1.807, 2.05) is 27.7 Å².